The molecular weight excluding hydrogens is 398 g/mol. The summed E-state index contributed by atoms with van der Waals surface area (Å²) in [4.78, 5) is 23.6. The minimum atomic E-state index is -0.597. The molecule has 2 aromatic rings. The number of hydrogen-bond acceptors (Lipinski definition) is 4. The maximum Gasteiger partial charge on any atom is 0.344 e. The molecule has 1 N–H and O–H groups in total. The minimum absolute atomic E-state index is 0.162. The molecule has 1 amide bonds. The van der Waals surface area contributed by atoms with Crippen LogP contribution < -0.4 is 10.1 Å². The van der Waals surface area contributed by atoms with E-state index in [1.54, 1.807) is 18.2 Å². The van der Waals surface area contributed by atoms with E-state index in [-0.39, 0.29) is 25.2 Å². The standard InChI is InChI=1S/C20H22BrNO4/c1-3-15-7-9-16(10-8-15)14(2)22-19(23)12-26-20(24)13-25-18-6-4-5-17(21)11-18/h4-11,14H,3,12-13H2,1-2H3,(H,22,23)/t14-/m0/s1. The molecule has 0 fully saturated rings. The number of hydrogen-bond donors (Lipinski definition) is 1. The van der Waals surface area contributed by atoms with E-state index in [9.17, 15) is 9.59 Å². The van der Waals surface area contributed by atoms with Gasteiger partial charge in [-0.3, -0.25) is 4.79 Å². The maximum atomic E-state index is 11.9. The summed E-state index contributed by atoms with van der Waals surface area (Å²) in [6.07, 6.45) is 0.971. The largest absolute Gasteiger partial charge is 0.482 e. The lowest BCUT2D eigenvalue weighted by atomic mass is 10.1. The number of halogens is 1. The van der Waals surface area contributed by atoms with Crippen molar-refractivity contribution in [2.24, 2.45) is 0 Å². The van der Waals surface area contributed by atoms with Gasteiger partial charge >= 0.3 is 5.97 Å². The highest BCUT2D eigenvalue weighted by molar-refractivity contribution is 9.10. The molecule has 6 heteroatoms. The van der Waals surface area contributed by atoms with Crippen LogP contribution in [0.3, 0.4) is 0 Å². The van der Waals surface area contributed by atoms with Crippen LogP contribution in [0.25, 0.3) is 0 Å². The molecule has 0 heterocycles. The van der Waals surface area contributed by atoms with Gasteiger partial charge in [-0.1, -0.05) is 53.2 Å². The zero-order chi connectivity index (χ0) is 18.9. The van der Waals surface area contributed by atoms with Gasteiger partial charge in [0.25, 0.3) is 5.91 Å². The van der Waals surface area contributed by atoms with E-state index < -0.39 is 5.97 Å². The molecule has 0 aromatic heterocycles. The Kier molecular flexibility index (Phi) is 7.66. The zero-order valence-corrected chi connectivity index (χ0v) is 16.4. The van der Waals surface area contributed by atoms with Crippen LogP contribution in [0.15, 0.2) is 53.0 Å². The van der Waals surface area contributed by atoms with Crippen LogP contribution in [-0.2, 0) is 20.7 Å². The molecule has 0 saturated heterocycles. The third-order valence-electron chi connectivity index (χ3n) is 3.78. The lowest BCUT2D eigenvalue weighted by Gasteiger charge is -2.15. The van der Waals surface area contributed by atoms with Crippen LogP contribution in [-0.4, -0.2) is 25.1 Å². The van der Waals surface area contributed by atoms with Gasteiger partial charge in [-0.25, -0.2) is 4.79 Å². The summed E-state index contributed by atoms with van der Waals surface area (Å²) in [5, 5.41) is 2.81. The first-order valence-corrected chi connectivity index (χ1v) is 9.19. The van der Waals surface area contributed by atoms with Gasteiger partial charge in [0.15, 0.2) is 13.2 Å². The number of amides is 1. The van der Waals surface area contributed by atoms with Crippen molar-refractivity contribution < 1.29 is 19.1 Å². The van der Waals surface area contributed by atoms with Crippen molar-refractivity contribution in [1.29, 1.82) is 0 Å². The van der Waals surface area contributed by atoms with E-state index in [4.69, 9.17) is 9.47 Å². The summed E-state index contributed by atoms with van der Waals surface area (Å²) >= 11 is 3.32. The molecule has 5 nitrogen and oxygen atoms in total. The second-order valence-electron chi connectivity index (χ2n) is 5.79. The fourth-order valence-electron chi connectivity index (χ4n) is 2.30. The van der Waals surface area contributed by atoms with Gasteiger partial charge in [-0.05, 0) is 42.7 Å². The molecule has 2 aromatic carbocycles. The first kappa shape index (κ1) is 20.0. The molecule has 1 atom stereocenters. The first-order chi connectivity index (χ1) is 12.5. The number of benzene rings is 2. The van der Waals surface area contributed by atoms with Crippen LogP contribution in [0.5, 0.6) is 5.75 Å². The summed E-state index contributed by atoms with van der Waals surface area (Å²) in [6, 6.07) is 15.0. The van der Waals surface area contributed by atoms with Crippen molar-refractivity contribution in [2.45, 2.75) is 26.3 Å². The number of aryl methyl sites for hydroxylation is 1. The SMILES string of the molecule is CCc1ccc([C@H](C)NC(=O)COC(=O)COc2cccc(Br)c2)cc1. The van der Waals surface area contributed by atoms with Crippen LogP contribution in [0.4, 0.5) is 0 Å². The van der Waals surface area contributed by atoms with Gasteiger partial charge in [0, 0.05) is 4.47 Å². The Bertz CT molecular complexity index is 746. The molecule has 138 valence electrons. The highest BCUT2D eigenvalue weighted by Gasteiger charge is 2.12. The van der Waals surface area contributed by atoms with Gasteiger partial charge in [0.2, 0.25) is 0 Å². The van der Waals surface area contributed by atoms with E-state index in [2.05, 4.69) is 28.2 Å². The van der Waals surface area contributed by atoms with Crippen molar-refractivity contribution in [1.82, 2.24) is 5.32 Å². The van der Waals surface area contributed by atoms with Crippen molar-refractivity contribution in [3.05, 3.63) is 64.1 Å². The molecule has 0 bridgehead atoms. The monoisotopic (exact) mass is 419 g/mol. The number of nitrogens with one attached hydrogen (secondary N) is 1. The average molecular weight is 420 g/mol. The molecule has 2 rings (SSSR count). The van der Waals surface area contributed by atoms with Crippen molar-refractivity contribution in [3.63, 3.8) is 0 Å². The third-order valence-corrected chi connectivity index (χ3v) is 4.28. The highest BCUT2D eigenvalue weighted by atomic mass is 79.9. The predicted octanol–water partition coefficient (Wildman–Crippen LogP) is 3.81. The first-order valence-electron chi connectivity index (χ1n) is 8.40. The van der Waals surface area contributed by atoms with Gasteiger partial charge < -0.3 is 14.8 Å². The second kappa shape index (κ2) is 9.97. The summed E-state index contributed by atoms with van der Waals surface area (Å²) in [5.74, 6) is -0.405. The normalized spacial score (nSPS) is 11.5. The van der Waals surface area contributed by atoms with Gasteiger partial charge in [0.1, 0.15) is 5.75 Å². The molecule has 0 aliphatic carbocycles. The lowest BCUT2D eigenvalue weighted by Crippen LogP contribution is -2.31. The quantitative estimate of drug-likeness (QED) is 0.660. The van der Waals surface area contributed by atoms with E-state index in [0.29, 0.717) is 5.75 Å². The summed E-state index contributed by atoms with van der Waals surface area (Å²) in [7, 11) is 0. The summed E-state index contributed by atoms with van der Waals surface area (Å²) < 4.78 is 11.1. The number of rotatable bonds is 8. The van der Waals surface area contributed by atoms with Crippen LogP contribution in [0.2, 0.25) is 0 Å². The molecule has 0 spiro atoms. The maximum absolute atomic E-state index is 11.9. The van der Waals surface area contributed by atoms with Gasteiger partial charge in [-0.15, -0.1) is 0 Å². The molecule has 0 saturated carbocycles. The molecule has 0 radical (unpaired) electrons. The van der Waals surface area contributed by atoms with Gasteiger partial charge in [0.05, 0.1) is 6.04 Å². The van der Waals surface area contributed by atoms with Gasteiger partial charge in [-0.2, -0.15) is 0 Å². The molecular formula is C20H22BrNO4. The molecule has 0 aliphatic rings. The van der Waals surface area contributed by atoms with Crippen molar-refractivity contribution in [3.8, 4) is 5.75 Å². The highest BCUT2D eigenvalue weighted by Crippen LogP contribution is 2.17. The fourth-order valence-corrected chi connectivity index (χ4v) is 2.67. The number of carbonyl (C=O) groups is 2. The van der Waals surface area contributed by atoms with E-state index in [0.717, 1.165) is 16.5 Å². The van der Waals surface area contributed by atoms with Crippen molar-refractivity contribution >= 4 is 27.8 Å². The van der Waals surface area contributed by atoms with E-state index in [1.165, 1.54) is 5.56 Å². The van der Waals surface area contributed by atoms with Crippen LogP contribution in [0.1, 0.15) is 31.0 Å². The van der Waals surface area contributed by atoms with Crippen LogP contribution >= 0.6 is 15.9 Å². The smallest absolute Gasteiger partial charge is 0.344 e. The predicted molar refractivity (Wildman–Crippen MR) is 103 cm³/mol. The Hall–Kier alpha value is -2.34. The number of carbonyl (C=O) groups excluding carboxylic acids is 2. The number of ether oxygens (including phenoxy) is 2. The molecule has 26 heavy (non-hydrogen) atoms. The Morgan fingerprint density at radius 2 is 1.85 bits per heavy atom. The summed E-state index contributed by atoms with van der Waals surface area (Å²) in [6.45, 7) is 3.39. The summed E-state index contributed by atoms with van der Waals surface area (Å²) in [5.41, 5.74) is 2.24. The van der Waals surface area contributed by atoms with Crippen molar-refractivity contribution in [2.75, 3.05) is 13.2 Å². The van der Waals surface area contributed by atoms with Crippen LogP contribution in [0, 0.1) is 0 Å². The second-order valence-corrected chi connectivity index (χ2v) is 6.71. The Morgan fingerprint density at radius 3 is 2.50 bits per heavy atom. The topological polar surface area (TPSA) is 64.6 Å². The Morgan fingerprint density at radius 1 is 1.12 bits per heavy atom. The third kappa shape index (κ3) is 6.52. The van der Waals surface area contributed by atoms with E-state index in [1.807, 2.05) is 37.3 Å². The Balaban J connectivity index is 1.72. The van der Waals surface area contributed by atoms with E-state index >= 15 is 0 Å². The lowest BCUT2D eigenvalue weighted by molar-refractivity contribution is -0.150. The zero-order valence-electron chi connectivity index (χ0n) is 14.8. The minimum Gasteiger partial charge on any atom is -0.482 e. The number of esters is 1. The Labute approximate surface area is 161 Å². The molecule has 0 aliphatic heterocycles. The average Bonchev–Trinajstić information content (AvgIpc) is 2.64. The molecule has 0 unspecified atom stereocenters. The fraction of sp³-hybridized carbons (Fsp3) is 0.300.